The fourth-order valence-corrected chi connectivity index (χ4v) is 2.71. The predicted octanol–water partition coefficient (Wildman–Crippen LogP) is -3.39. The maximum atomic E-state index is 12.8. The van der Waals surface area contributed by atoms with Gasteiger partial charge in [0.1, 0.15) is 24.2 Å². The zero-order chi connectivity index (χ0) is 24.3. The minimum Gasteiger partial charge on any atom is -0.481 e. The molecule has 0 aliphatic rings. The minimum atomic E-state index is -1.49. The minimum absolute atomic E-state index is 0.0486. The van der Waals surface area contributed by atoms with Crippen LogP contribution in [-0.2, 0) is 30.4 Å². The normalized spacial score (nSPS) is 14.5. The van der Waals surface area contributed by atoms with Gasteiger partial charge in [0.2, 0.25) is 17.7 Å². The summed E-state index contributed by atoms with van der Waals surface area (Å²) in [5.41, 5.74) is 5.94. The van der Waals surface area contributed by atoms with E-state index in [1.807, 2.05) is 0 Å². The van der Waals surface area contributed by atoms with Gasteiger partial charge in [0, 0.05) is 30.5 Å². The molecular formula is C17H26N6O8S. The monoisotopic (exact) mass is 474 g/mol. The number of amides is 3. The Kier molecular flexibility index (Phi) is 11.2. The maximum Gasteiger partial charge on any atom is 0.326 e. The molecule has 0 spiro atoms. The van der Waals surface area contributed by atoms with Gasteiger partial charge in [0.25, 0.3) is 0 Å². The smallest absolute Gasteiger partial charge is 0.326 e. The summed E-state index contributed by atoms with van der Waals surface area (Å²) >= 11 is 3.99. The van der Waals surface area contributed by atoms with Crippen molar-refractivity contribution < 1.29 is 39.3 Å². The van der Waals surface area contributed by atoms with Crippen LogP contribution >= 0.6 is 12.6 Å². The van der Waals surface area contributed by atoms with Gasteiger partial charge in [0.15, 0.2) is 0 Å². The van der Waals surface area contributed by atoms with E-state index in [0.29, 0.717) is 5.69 Å². The Hall–Kier alpha value is -3.17. The molecule has 15 heteroatoms. The Morgan fingerprint density at radius 3 is 2.12 bits per heavy atom. The molecule has 0 aromatic carbocycles. The molecule has 1 aromatic rings. The van der Waals surface area contributed by atoms with Crippen molar-refractivity contribution in [1.82, 2.24) is 25.9 Å². The van der Waals surface area contributed by atoms with E-state index in [2.05, 4.69) is 38.5 Å². The van der Waals surface area contributed by atoms with E-state index in [1.54, 1.807) is 0 Å². The van der Waals surface area contributed by atoms with Crippen molar-refractivity contribution in [3.05, 3.63) is 18.2 Å². The number of nitrogens with two attached hydrogens (primary N) is 1. The number of imidazole rings is 1. The van der Waals surface area contributed by atoms with Crippen LogP contribution in [0.2, 0.25) is 0 Å². The van der Waals surface area contributed by atoms with Crippen LogP contribution in [0.3, 0.4) is 0 Å². The van der Waals surface area contributed by atoms with Crippen molar-refractivity contribution in [3.8, 4) is 0 Å². The van der Waals surface area contributed by atoms with E-state index in [-0.39, 0.29) is 18.6 Å². The number of thiol groups is 1. The van der Waals surface area contributed by atoms with E-state index in [9.17, 15) is 29.1 Å². The molecule has 9 N–H and O–H groups in total. The third kappa shape index (κ3) is 8.91. The van der Waals surface area contributed by atoms with Crippen molar-refractivity contribution in [3.63, 3.8) is 0 Å². The topological polar surface area (TPSA) is 237 Å². The molecule has 0 radical (unpaired) electrons. The number of carboxylic acid groups (broad SMARTS) is 2. The first kappa shape index (κ1) is 26.9. The second kappa shape index (κ2) is 13.3. The summed E-state index contributed by atoms with van der Waals surface area (Å²) in [7, 11) is 0. The fourth-order valence-electron chi connectivity index (χ4n) is 2.45. The molecule has 0 fully saturated rings. The third-order valence-electron chi connectivity index (χ3n) is 4.22. The van der Waals surface area contributed by atoms with Crippen molar-refractivity contribution >= 4 is 42.3 Å². The number of hydrogen-bond acceptors (Lipinski definition) is 9. The van der Waals surface area contributed by atoms with Crippen LogP contribution < -0.4 is 21.7 Å². The van der Waals surface area contributed by atoms with E-state index in [4.69, 9.17) is 15.9 Å². The van der Waals surface area contributed by atoms with E-state index in [1.165, 1.54) is 12.5 Å². The molecule has 3 amide bonds. The number of aromatic amines is 1. The zero-order valence-electron chi connectivity index (χ0n) is 16.9. The average Bonchev–Trinajstić information content (AvgIpc) is 3.26. The second-order valence-electron chi connectivity index (χ2n) is 6.71. The van der Waals surface area contributed by atoms with Crippen molar-refractivity contribution in [2.75, 3.05) is 12.4 Å². The zero-order valence-corrected chi connectivity index (χ0v) is 17.7. The second-order valence-corrected chi connectivity index (χ2v) is 7.07. The Bertz CT molecular complexity index is 805. The largest absolute Gasteiger partial charge is 0.481 e. The molecule has 0 aliphatic heterocycles. The van der Waals surface area contributed by atoms with Gasteiger partial charge in [-0.15, -0.1) is 0 Å². The highest BCUT2D eigenvalue weighted by Crippen LogP contribution is 2.03. The predicted molar refractivity (Wildman–Crippen MR) is 112 cm³/mol. The molecule has 1 aromatic heterocycles. The number of carbonyl (C=O) groups is 5. The first-order valence-corrected chi connectivity index (χ1v) is 10.0. The molecule has 1 rings (SSSR count). The van der Waals surface area contributed by atoms with Gasteiger partial charge in [-0.1, -0.05) is 0 Å². The molecule has 14 nitrogen and oxygen atoms in total. The highest BCUT2D eigenvalue weighted by Gasteiger charge is 2.30. The number of carboxylic acids is 2. The van der Waals surface area contributed by atoms with E-state index < -0.39 is 66.9 Å². The number of nitrogens with zero attached hydrogens (tertiary/aromatic N) is 1. The maximum absolute atomic E-state index is 12.8. The molecule has 1 heterocycles. The van der Waals surface area contributed by atoms with Crippen molar-refractivity contribution in [2.24, 2.45) is 5.73 Å². The lowest BCUT2D eigenvalue weighted by atomic mass is 10.1. The molecule has 32 heavy (non-hydrogen) atoms. The van der Waals surface area contributed by atoms with Crippen LogP contribution in [0, 0.1) is 0 Å². The molecule has 178 valence electrons. The number of rotatable bonds is 14. The van der Waals surface area contributed by atoms with E-state index >= 15 is 0 Å². The first-order valence-electron chi connectivity index (χ1n) is 9.39. The lowest BCUT2D eigenvalue weighted by Gasteiger charge is -2.24. The summed E-state index contributed by atoms with van der Waals surface area (Å²) in [5.74, 6) is -5.40. The molecule has 0 saturated carbocycles. The van der Waals surface area contributed by atoms with Crippen molar-refractivity contribution in [1.29, 1.82) is 0 Å². The molecule has 0 saturated heterocycles. The number of aromatic nitrogens is 2. The summed E-state index contributed by atoms with van der Waals surface area (Å²) in [4.78, 5) is 65.8. The quantitative estimate of drug-likeness (QED) is 0.121. The Morgan fingerprint density at radius 1 is 1.03 bits per heavy atom. The third-order valence-corrected chi connectivity index (χ3v) is 4.59. The Balaban J connectivity index is 2.88. The van der Waals surface area contributed by atoms with Gasteiger partial charge < -0.3 is 42.0 Å². The standard InChI is InChI=1S/C17H26N6O8S/c18-9(5-24)14(27)22-11(3-8-4-19-7-20-8)15(28)23-12(6-32)16(29)21-10(17(30)31)1-2-13(25)26/h4,7,9-12,24,32H,1-3,5-6,18H2,(H,19,20)(H,21,29)(H,22,27)(H,23,28)(H,25,26)(H,30,31). The number of aliphatic hydroxyl groups is 1. The molecule has 0 bridgehead atoms. The van der Waals surface area contributed by atoms with Crippen LogP contribution in [-0.4, -0.2) is 91.5 Å². The highest BCUT2D eigenvalue weighted by atomic mass is 32.1. The van der Waals surface area contributed by atoms with Crippen molar-refractivity contribution in [2.45, 2.75) is 43.4 Å². The Morgan fingerprint density at radius 2 is 1.62 bits per heavy atom. The Labute approximate surface area is 187 Å². The van der Waals surface area contributed by atoms with Crippen LogP contribution in [0.4, 0.5) is 0 Å². The molecular weight excluding hydrogens is 448 g/mol. The summed E-state index contributed by atoms with van der Waals surface area (Å²) in [6, 6.07) is -5.26. The van der Waals surface area contributed by atoms with Crippen LogP contribution in [0.1, 0.15) is 18.5 Å². The molecule has 0 aliphatic carbocycles. The van der Waals surface area contributed by atoms with Gasteiger partial charge in [-0.3, -0.25) is 19.2 Å². The van der Waals surface area contributed by atoms with Gasteiger partial charge >= 0.3 is 11.9 Å². The van der Waals surface area contributed by atoms with E-state index in [0.717, 1.165) is 0 Å². The fraction of sp³-hybridized carbons (Fsp3) is 0.529. The summed E-state index contributed by atoms with van der Waals surface area (Å²) in [5, 5.41) is 33.8. The van der Waals surface area contributed by atoms with Crippen LogP contribution in [0.25, 0.3) is 0 Å². The summed E-state index contributed by atoms with van der Waals surface area (Å²) in [6.45, 7) is -0.654. The van der Waals surface area contributed by atoms with Gasteiger partial charge in [0.05, 0.1) is 12.9 Å². The number of aliphatic hydroxyl groups excluding tert-OH is 1. The van der Waals surface area contributed by atoms with Gasteiger partial charge in [-0.2, -0.15) is 12.6 Å². The SMILES string of the molecule is NC(CO)C(=O)NC(Cc1cnc[nH]1)C(=O)NC(CS)C(=O)NC(CCC(=O)O)C(=O)O. The lowest BCUT2D eigenvalue weighted by Crippen LogP contribution is -2.58. The number of hydrogen-bond donors (Lipinski definition) is 9. The van der Waals surface area contributed by atoms with Gasteiger partial charge in [-0.25, -0.2) is 9.78 Å². The molecule has 4 atom stereocenters. The number of H-pyrrole nitrogens is 1. The van der Waals surface area contributed by atoms with Crippen LogP contribution in [0.15, 0.2) is 12.5 Å². The lowest BCUT2D eigenvalue weighted by molar-refractivity contribution is -0.143. The first-order chi connectivity index (χ1) is 15.1. The average molecular weight is 474 g/mol. The number of carbonyl (C=O) groups excluding carboxylic acids is 3. The van der Waals surface area contributed by atoms with Gasteiger partial charge in [-0.05, 0) is 6.42 Å². The van der Waals surface area contributed by atoms with Crippen LogP contribution in [0.5, 0.6) is 0 Å². The number of aliphatic carboxylic acids is 2. The number of nitrogens with one attached hydrogen (secondary N) is 4. The summed E-state index contributed by atoms with van der Waals surface area (Å²) in [6.07, 6.45) is 1.88. The summed E-state index contributed by atoms with van der Waals surface area (Å²) < 4.78 is 0. The molecule has 4 unspecified atom stereocenters. The highest BCUT2D eigenvalue weighted by molar-refractivity contribution is 7.80.